The van der Waals surface area contributed by atoms with E-state index in [4.69, 9.17) is 10.5 Å². The number of likely N-dealkylation sites (tertiary alicyclic amines) is 1. The Balaban J connectivity index is 2.17. The Hall–Kier alpha value is -1.92. The van der Waals surface area contributed by atoms with E-state index in [1.54, 1.807) is 24.3 Å². The Morgan fingerprint density at radius 3 is 2.60 bits per heavy atom. The smallest absolute Gasteiger partial charge is 0.326 e. The molecule has 3 N–H and O–H groups in total. The van der Waals surface area contributed by atoms with Crippen molar-refractivity contribution in [1.82, 2.24) is 4.90 Å². The van der Waals surface area contributed by atoms with Crippen LogP contribution in [0.5, 0.6) is 0 Å². The number of carboxylic acid groups (broad SMARTS) is 1. The molecule has 1 aliphatic rings. The van der Waals surface area contributed by atoms with Crippen LogP contribution in [0.1, 0.15) is 18.0 Å². The van der Waals surface area contributed by atoms with Crippen molar-refractivity contribution in [2.45, 2.75) is 24.6 Å². The third-order valence-electron chi connectivity index (χ3n) is 3.59. The van der Waals surface area contributed by atoms with E-state index in [1.165, 1.54) is 12.0 Å². The molecule has 0 saturated carbocycles. The van der Waals surface area contributed by atoms with Crippen molar-refractivity contribution in [3.8, 4) is 0 Å². The van der Waals surface area contributed by atoms with E-state index >= 15 is 0 Å². The molecule has 1 aromatic rings. The summed E-state index contributed by atoms with van der Waals surface area (Å²) < 4.78 is 5.16. The molecule has 108 valence electrons. The van der Waals surface area contributed by atoms with Crippen molar-refractivity contribution < 1.29 is 19.4 Å². The van der Waals surface area contributed by atoms with E-state index in [1.807, 2.05) is 6.07 Å². The summed E-state index contributed by atoms with van der Waals surface area (Å²) in [5.74, 6) is -1.42. The second-order valence-electron chi connectivity index (χ2n) is 4.83. The van der Waals surface area contributed by atoms with Crippen LogP contribution in [0.2, 0.25) is 0 Å². The molecule has 0 bridgehead atoms. The lowest BCUT2D eigenvalue weighted by Crippen LogP contribution is -2.45. The molecule has 2 rings (SSSR count). The first-order chi connectivity index (χ1) is 9.54. The molecule has 6 heteroatoms. The van der Waals surface area contributed by atoms with Gasteiger partial charge in [0, 0.05) is 20.1 Å². The van der Waals surface area contributed by atoms with Gasteiger partial charge < -0.3 is 20.5 Å². The van der Waals surface area contributed by atoms with Crippen molar-refractivity contribution in [3.05, 3.63) is 35.9 Å². The second-order valence-corrected chi connectivity index (χ2v) is 4.83. The molecule has 1 fully saturated rings. The van der Waals surface area contributed by atoms with Crippen molar-refractivity contribution in [2.24, 2.45) is 5.73 Å². The number of nitrogens with two attached hydrogens (primary N) is 1. The summed E-state index contributed by atoms with van der Waals surface area (Å²) in [5, 5.41) is 9.21. The first kappa shape index (κ1) is 14.5. The van der Waals surface area contributed by atoms with Crippen molar-refractivity contribution in [1.29, 1.82) is 0 Å². The second kappa shape index (κ2) is 6.02. The first-order valence-corrected chi connectivity index (χ1v) is 6.41. The first-order valence-electron chi connectivity index (χ1n) is 6.41. The summed E-state index contributed by atoms with van der Waals surface area (Å²) in [5.41, 5.74) is 6.61. The van der Waals surface area contributed by atoms with Gasteiger partial charge in [0.2, 0.25) is 5.91 Å². The molecule has 1 heterocycles. The van der Waals surface area contributed by atoms with Crippen LogP contribution in [-0.4, -0.2) is 47.7 Å². The monoisotopic (exact) mass is 278 g/mol. The van der Waals surface area contributed by atoms with Crippen LogP contribution in [-0.2, 0) is 14.3 Å². The molecule has 0 spiro atoms. The number of carbonyl (C=O) groups is 2. The minimum absolute atomic E-state index is 0.257. The summed E-state index contributed by atoms with van der Waals surface area (Å²) in [6, 6.07) is 7.19. The Bertz CT molecular complexity index is 491. The van der Waals surface area contributed by atoms with Crippen molar-refractivity contribution in [3.63, 3.8) is 0 Å². The summed E-state index contributed by atoms with van der Waals surface area (Å²) in [6.07, 6.45) is 0.0297. The Labute approximate surface area is 117 Å². The average Bonchev–Trinajstić information content (AvgIpc) is 2.91. The van der Waals surface area contributed by atoms with Crippen molar-refractivity contribution >= 4 is 11.9 Å². The predicted octanol–water partition coefficient (Wildman–Crippen LogP) is 0.387. The minimum atomic E-state index is -1.03. The van der Waals surface area contributed by atoms with Crippen molar-refractivity contribution in [2.75, 3.05) is 13.7 Å². The molecule has 0 aliphatic carbocycles. The molecule has 1 aromatic carbocycles. The standard InChI is InChI=1S/C14H18N2O4/c1-20-10-7-11(14(18)19)16(8-10)13(17)12(15)9-5-3-2-4-6-9/h2-6,10-12H,7-8,15H2,1H3,(H,18,19)/t10?,11?,12-/m0/s1. The summed E-state index contributed by atoms with van der Waals surface area (Å²) in [6.45, 7) is 0.257. The number of aliphatic carboxylic acids is 1. The number of carbonyl (C=O) groups excluding carboxylic acids is 1. The SMILES string of the molecule is COC1CC(C(=O)O)N(C(=O)[C@@H](N)c2ccccc2)C1. The van der Waals surface area contributed by atoms with Gasteiger partial charge in [-0.2, -0.15) is 0 Å². The van der Waals surface area contributed by atoms with Gasteiger partial charge >= 0.3 is 5.97 Å². The van der Waals surface area contributed by atoms with Crippen LogP contribution in [0.15, 0.2) is 30.3 Å². The molecule has 3 atom stereocenters. The van der Waals surface area contributed by atoms with Gasteiger partial charge in [-0.25, -0.2) is 4.79 Å². The van der Waals surface area contributed by atoms with Gasteiger partial charge in [-0.05, 0) is 5.56 Å². The van der Waals surface area contributed by atoms with Gasteiger partial charge in [-0.1, -0.05) is 30.3 Å². The van der Waals surface area contributed by atoms with E-state index in [2.05, 4.69) is 0 Å². The number of nitrogens with zero attached hydrogens (tertiary/aromatic N) is 1. The highest BCUT2D eigenvalue weighted by Gasteiger charge is 2.41. The summed E-state index contributed by atoms with van der Waals surface area (Å²) >= 11 is 0. The quantitative estimate of drug-likeness (QED) is 0.831. The van der Waals surface area contributed by atoms with Gasteiger partial charge in [0.25, 0.3) is 0 Å². The maximum absolute atomic E-state index is 12.4. The Morgan fingerprint density at radius 1 is 1.40 bits per heavy atom. The van der Waals surface area contributed by atoms with Crippen LogP contribution < -0.4 is 5.73 Å². The fourth-order valence-corrected chi connectivity index (χ4v) is 2.43. The molecule has 1 aliphatic heterocycles. The predicted molar refractivity (Wildman–Crippen MR) is 71.9 cm³/mol. The number of rotatable bonds is 4. The molecule has 0 aromatic heterocycles. The van der Waals surface area contributed by atoms with Crippen LogP contribution in [0.3, 0.4) is 0 Å². The number of carboxylic acids is 1. The zero-order valence-corrected chi connectivity index (χ0v) is 11.2. The molecule has 2 unspecified atom stereocenters. The normalized spacial score (nSPS) is 23.6. The maximum Gasteiger partial charge on any atom is 0.326 e. The van der Waals surface area contributed by atoms with Gasteiger partial charge in [0.05, 0.1) is 6.10 Å². The van der Waals surface area contributed by atoms with Crippen LogP contribution in [0.4, 0.5) is 0 Å². The number of hydrogen-bond acceptors (Lipinski definition) is 4. The highest BCUT2D eigenvalue weighted by Crippen LogP contribution is 2.24. The number of ether oxygens (including phenoxy) is 1. The molecule has 6 nitrogen and oxygen atoms in total. The molecule has 20 heavy (non-hydrogen) atoms. The van der Waals surface area contributed by atoms with Crippen LogP contribution >= 0.6 is 0 Å². The highest BCUT2D eigenvalue weighted by atomic mass is 16.5. The summed E-state index contributed by atoms with van der Waals surface area (Å²) in [7, 11) is 1.51. The minimum Gasteiger partial charge on any atom is -0.480 e. The lowest BCUT2D eigenvalue weighted by Gasteiger charge is -2.24. The number of hydrogen-bond donors (Lipinski definition) is 2. The van der Waals surface area contributed by atoms with Gasteiger partial charge in [-0.3, -0.25) is 4.79 Å². The van der Waals surface area contributed by atoms with E-state index in [0.717, 1.165) is 0 Å². The fraction of sp³-hybridized carbons (Fsp3) is 0.429. The molecule has 1 amide bonds. The molecular weight excluding hydrogens is 260 g/mol. The van der Waals surface area contributed by atoms with E-state index < -0.39 is 18.1 Å². The Morgan fingerprint density at radius 2 is 2.05 bits per heavy atom. The third-order valence-corrected chi connectivity index (χ3v) is 3.59. The van der Waals surface area contributed by atoms with E-state index in [0.29, 0.717) is 12.0 Å². The fourth-order valence-electron chi connectivity index (χ4n) is 2.43. The topological polar surface area (TPSA) is 92.9 Å². The van der Waals surface area contributed by atoms with E-state index in [-0.39, 0.29) is 18.6 Å². The molecule has 0 radical (unpaired) electrons. The third kappa shape index (κ3) is 2.81. The van der Waals surface area contributed by atoms with Gasteiger partial charge in [0.1, 0.15) is 12.1 Å². The lowest BCUT2D eigenvalue weighted by molar-refractivity contribution is -0.148. The van der Waals surface area contributed by atoms with Gasteiger partial charge in [-0.15, -0.1) is 0 Å². The summed E-state index contributed by atoms with van der Waals surface area (Å²) in [4.78, 5) is 25.0. The zero-order chi connectivity index (χ0) is 14.7. The van der Waals surface area contributed by atoms with E-state index in [9.17, 15) is 14.7 Å². The maximum atomic E-state index is 12.4. The number of benzene rings is 1. The largest absolute Gasteiger partial charge is 0.480 e. The highest BCUT2D eigenvalue weighted by molar-refractivity contribution is 5.88. The van der Waals surface area contributed by atoms with Crippen LogP contribution in [0, 0.1) is 0 Å². The van der Waals surface area contributed by atoms with Gasteiger partial charge in [0.15, 0.2) is 0 Å². The van der Waals surface area contributed by atoms with Crippen LogP contribution in [0.25, 0.3) is 0 Å². The molecule has 1 saturated heterocycles. The average molecular weight is 278 g/mol. The molecular formula is C14H18N2O4. The number of amides is 1. The number of methoxy groups -OCH3 is 1. The lowest BCUT2D eigenvalue weighted by atomic mass is 10.1. The zero-order valence-electron chi connectivity index (χ0n) is 11.2. The Kier molecular flexibility index (Phi) is 4.36.